The van der Waals surface area contributed by atoms with Gasteiger partial charge in [-0.15, -0.1) is 0 Å². The maximum atomic E-state index is 11.9. The third-order valence-electron chi connectivity index (χ3n) is 3.35. The fourth-order valence-electron chi connectivity index (χ4n) is 1.99. The van der Waals surface area contributed by atoms with Gasteiger partial charge in [-0.25, -0.2) is 4.72 Å². The van der Waals surface area contributed by atoms with Crippen LogP contribution in [-0.2, 0) is 24.5 Å². The molecule has 1 heterocycles. The van der Waals surface area contributed by atoms with Crippen molar-refractivity contribution < 1.29 is 22.7 Å². The van der Waals surface area contributed by atoms with Crippen LogP contribution in [0.25, 0.3) is 0 Å². The lowest BCUT2D eigenvalue weighted by atomic mass is 10.4. The Morgan fingerprint density at radius 3 is 2.43 bits per heavy atom. The number of esters is 1. The van der Waals surface area contributed by atoms with Gasteiger partial charge in [0.15, 0.2) is 0 Å². The summed E-state index contributed by atoms with van der Waals surface area (Å²) in [6.07, 6.45) is 2.14. The maximum absolute atomic E-state index is 11.9. The molecule has 1 saturated heterocycles. The van der Waals surface area contributed by atoms with Gasteiger partial charge in [0.1, 0.15) is 0 Å². The van der Waals surface area contributed by atoms with E-state index in [0.717, 1.165) is 30.2 Å². The molecule has 1 amide bonds. The van der Waals surface area contributed by atoms with Crippen molar-refractivity contribution in [1.29, 1.82) is 0 Å². The molecule has 8 nitrogen and oxygen atoms in total. The van der Waals surface area contributed by atoms with E-state index in [1.165, 1.54) is 14.2 Å². The number of nitrogens with zero attached hydrogens (tertiary/aromatic N) is 2. The fraction of sp³-hybridized carbons (Fsp3) is 0.833. The molecule has 0 radical (unpaired) electrons. The van der Waals surface area contributed by atoms with E-state index in [-0.39, 0.29) is 31.8 Å². The molecule has 1 aliphatic rings. The molecular weight excluding hydrogens is 298 g/mol. The highest BCUT2D eigenvalue weighted by Crippen LogP contribution is 2.08. The average Bonchev–Trinajstić information content (AvgIpc) is 2.98. The Balaban J connectivity index is 2.31. The van der Waals surface area contributed by atoms with Gasteiger partial charge in [0.2, 0.25) is 5.91 Å². The average molecular weight is 321 g/mol. The van der Waals surface area contributed by atoms with E-state index in [0.29, 0.717) is 0 Å². The summed E-state index contributed by atoms with van der Waals surface area (Å²) in [6.45, 7) is 1.59. The van der Waals surface area contributed by atoms with Crippen molar-refractivity contribution in [2.24, 2.45) is 0 Å². The van der Waals surface area contributed by atoms with Crippen LogP contribution in [-0.4, -0.2) is 69.8 Å². The van der Waals surface area contributed by atoms with Gasteiger partial charge in [0.25, 0.3) is 10.2 Å². The number of hydrogen-bond donors (Lipinski definition) is 1. The normalized spacial score (nSPS) is 15.5. The summed E-state index contributed by atoms with van der Waals surface area (Å²) in [5.41, 5.74) is 0. The smallest absolute Gasteiger partial charge is 0.306 e. The van der Waals surface area contributed by atoms with Gasteiger partial charge in [-0.1, -0.05) is 0 Å². The largest absolute Gasteiger partial charge is 0.469 e. The van der Waals surface area contributed by atoms with Crippen LogP contribution in [0.4, 0.5) is 0 Å². The summed E-state index contributed by atoms with van der Waals surface area (Å²) < 4.78 is 31.6. The van der Waals surface area contributed by atoms with Crippen molar-refractivity contribution in [3.63, 3.8) is 0 Å². The van der Waals surface area contributed by atoms with Gasteiger partial charge in [-0.2, -0.15) is 12.7 Å². The molecule has 1 aliphatic heterocycles. The second-order valence-electron chi connectivity index (χ2n) is 4.88. The molecule has 0 bridgehead atoms. The Hall–Kier alpha value is -1.19. The zero-order valence-corrected chi connectivity index (χ0v) is 13.3. The Kier molecular flexibility index (Phi) is 7.06. The minimum atomic E-state index is -3.68. The van der Waals surface area contributed by atoms with Crippen molar-refractivity contribution in [3.05, 3.63) is 0 Å². The number of hydrogen-bond acceptors (Lipinski definition) is 5. The van der Waals surface area contributed by atoms with Gasteiger partial charge in [0, 0.05) is 39.6 Å². The predicted molar refractivity (Wildman–Crippen MR) is 76.6 cm³/mol. The Labute approximate surface area is 125 Å². The van der Waals surface area contributed by atoms with E-state index in [2.05, 4.69) is 9.46 Å². The number of ether oxygens (including phenoxy) is 1. The first-order valence-electron chi connectivity index (χ1n) is 6.92. The third-order valence-corrected chi connectivity index (χ3v) is 4.92. The van der Waals surface area contributed by atoms with E-state index >= 15 is 0 Å². The zero-order chi connectivity index (χ0) is 15.9. The van der Waals surface area contributed by atoms with E-state index in [1.54, 1.807) is 4.90 Å². The summed E-state index contributed by atoms with van der Waals surface area (Å²) in [5, 5.41) is 0. The molecule has 0 aromatic heterocycles. The topological polar surface area (TPSA) is 96.0 Å². The van der Waals surface area contributed by atoms with Crippen LogP contribution in [0.5, 0.6) is 0 Å². The minimum Gasteiger partial charge on any atom is -0.469 e. The van der Waals surface area contributed by atoms with Crippen molar-refractivity contribution in [3.8, 4) is 0 Å². The Morgan fingerprint density at radius 2 is 1.86 bits per heavy atom. The zero-order valence-electron chi connectivity index (χ0n) is 12.5. The molecule has 21 heavy (non-hydrogen) atoms. The van der Waals surface area contributed by atoms with Crippen LogP contribution in [0.15, 0.2) is 0 Å². The van der Waals surface area contributed by atoms with Gasteiger partial charge in [0.05, 0.1) is 13.5 Å². The summed E-state index contributed by atoms with van der Waals surface area (Å²) in [6, 6.07) is 0. The molecule has 0 aromatic rings. The number of carbonyl (C=O) groups is 2. The lowest BCUT2D eigenvalue weighted by Gasteiger charge is -2.18. The quantitative estimate of drug-likeness (QED) is 0.598. The van der Waals surface area contributed by atoms with Crippen LogP contribution in [0.1, 0.15) is 25.7 Å². The fourth-order valence-corrected chi connectivity index (χ4v) is 2.90. The molecule has 9 heteroatoms. The molecule has 0 spiro atoms. The lowest BCUT2D eigenvalue weighted by Crippen LogP contribution is -2.41. The van der Waals surface area contributed by atoms with Crippen molar-refractivity contribution in [2.75, 3.05) is 40.3 Å². The van der Waals surface area contributed by atoms with Crippen LogP contribution >= 0.6 is 0 Å². The highest BCUT2D eigenvalue weighted by atomic mass is 32.2. The van der Waals surface area contributed by atoms with Crippen LogP contribution in [0.3, 0.4) is 0 Å². The number of amides is 1. The first kappa shape index (κ1) is 17.9. The lowest BCUT2D eigenvalue weighted by molar-refractivity contribution is -0.140. The molecule has 1 N–H and O–H groups in total. The molecular formula is C12H23N3O5S. The third kappa shape index (κ3) is 5.98. The van der Waals surface area contributed by atoms with Crippen molar-refractivity contribution in [2.45, 2.75) is 25.7 Å². The van der Waals surface area contributed by atoms with Gasteiger partial charge < -0.3 is 9.64 Å². The van der Waals surface area contributed by atoms with Gasteiger partial charge in [-0.3, -0.25) is 9.59 Å². The van der Waals surface area contributed by atoms with Gasteiger partial charge in [-0.05, 0) is 12.8 Å². The summed E-state index contributed by atoms with van der Waals surface area (Å²) >= 11 is 0. The maximum Gasteiger partial charge on any atom is 0.306 e. The number of methoxy groups -OCH3 is 1. The first-order chi connectivity index (χ1) is 9.86. The van der Waals surface area contributed by atoms with Crippen LogP contribution in [0.2, 0.25) is 0 Å². The second kappa shape index (κ2) is 8.30. The molecule has 0 aromatic carbocycles. The molecule has 0 saturated carbocycles. The molecule has 0 atom stereocenters. The monoisotopic (exact) mass is 321 g/mol. The highest BCUT2D eigenvalue weighted by Gasteiger charge is 2.21. The van der Waals surface area contributed by atoms with E-state index < -0.39 is 16.2 Å². The van der Waals surface area contributed by atoms with E-state index in [1.807, 2.05) is 0 Å². The number of carbonyl (C=O) groups excluding carboxylic acids is 2. The standard InChI is InChI=1S/C12H23N3O5S/c1-14(10-6-12(17)20-2)21(18,19)13-7-5-11(16)15-8-3-4-9-15/h13H,3-10H2,1-2H3. The molecule has 0 unspecified atom stereocenters. The van der Waals surface area contributed by atoms with Gasteiger partial charge >= 0.3 is 5.97 Å². The predicted octanol–water partition coefficient (Wildman–Crippen LogP) is -0.672. The molecule has 0 aliphatic carbocycles. The van der Waals surface area contributed by atoms with Crippen LogP contribution < -0.4 is 4.72 Å². The molecule has 1 rings (SSSR count). The number of rotatable bonds is 8. The second-order valence-corrected chi connectivity index (χ2v) is 6.75. The Morgan fingerprint density at radius 1 is 1.24 bits per heavy atom. The highest BCUT2D eigenvalue weighted by molar-refractivity contribution is 7.87. The Bertz CT molecular complexity index is 460. The van der Waals surface area contributed by atoms with Crippen molar-refractivity contribution >= 4 is 22.1 Å². The number of nitrogens with one attached hydrogen (secondary N) is 1. The summed E-state index contributed by atoms with van der Waals surface area (Å²) in [5.74, 6) is -0.506. The van der Waals surface area contributed by atoms with Crippen LogP contribution in [0, 0.1) is 0 Å². The number of likely N-dealkylation sites (tertiary alicyclic amines) is 1. The molecule has 122 valence electrons. The molecule has 1 fully saturated rings. The van der Waals surface area contributed by atoms with E-state index in [4.69, 9.17) is 0 Å². The first-order valence-corrected chi connectivity index (χ1v) is 8.36. The van der Waals surface area contributed by atoms with E-state index in [9.17, 15) is 18.0 Å². The SMILES string of the molecule is COC(=O)CCN(C)S(=O)(=O)NCCC(=O)N1CCCC1. The summed E-state index contributed by atoms with van der Waals surface area (Å²) in [7, 11) is -1.06. The minimum absolute atomic E-state index is 0.0133. The van der Waals surface area contributed by atoms with Crippen molar-refractivity contribution in [1.82, 2.24) is 13.9 Å². The summed E-state index contributed by atoms with van der Waals surface area (Å²) in [4.78, 5) is 24.5.